The van der Waals surface area contributed by atoms with Gasteiger partial charge in [0.25, 0.3) is 11.5 Å². The number of hydrogen-bond donors (Lipinski definition) is 2. The van der Waals surface area contributed by atoms with E-state index in [0.717, 1.165) is 16.7 Å². The van der Waals surface area contributed by atoms with E-state index in [1.165, 1.54) is 6.20 Å². The summed E-state index contributed by atoms with van der Waals surface area (Å²) < 4.78 is 0. The van der Waals surface area contributed by atoms with E-state index in [9.17, 15) is 9.59 Å². The molecule has 5 heteroatoms. The highest BCUT2D eigenvalue weighted by Gasteiger charge is 2.13. The van der Waals surface area contributed by atoms with Crippen LogP contribution in [0.4, 0.5) is 5.69 Å². The molecule has 0 saturated carbocycles. The Morgan fingerprint density at radius 1 is 1.04 bits per heavy atom. The van der Waals surface area contributed by atoms with Gasteiger partial charge in [-0.25, -0.2) is 4.98 Å². The lowest BCUT2D eigenvalue weighted by Crippen LogP contribution is -2.24. The summed E-state index contributed by atoms with van der Waals surface area (Å²) in [5.41, 5.74) is 3.04. The Balaban J connectivity index is 1.87. The van der Waals surface area contributed by atoms with Gasteiger partial charge in [0.05, 0.1) is 0 Å². The molecule has 0 aliphatic rings. The number of nitrogens with one attached hydrogen (secondary N) is 2. The second-order valence-electron chi connectivity index (χ2n) is 5.67. The molecule has 0 spiro atoms. The molecule has 2 N–H and O–H groups in total. The van der Waals surface area contributed by atoms with E-state index in [1.54, 1.807) is 0 Å². The summed E-state index contributed by atoms with van der Waals surface area (Å²) in [5, 5.41) is 2.74. The lowest BCUT2D eigenvalue weighted by molar-refractivity contribution is 0.102. The van der Waals surface area contributed by atoms with Crippen molar-refractivity contribution in [2.75, 3.05) is 5.32 Å². The fraction of sp³-hybridized carbons (Fsp3) is 0.105. The molecule has 120 valence electrons. The molecule has 1 aromatic heterocycles. The van der Waals surface area contributed by atoms with Gasteiger partial charge in [-0.2, -0.15) is 0 Å². The first-order chi connectivity index (χ1) is 11.5. The predicted octanol–water partition coefficient (Wildman–Crippen LogP) is 3.31. The van der Waals surface area contributed by atoms with Gasteiger partial charge in [-0.05, 0) is 37.1 Å². The molecular formula is C19H17N3O2. The van der Waals surface area contributed by atoms with E-state index in [2.05, 4.69) is 15.3 Å². The van der Waals surface area contributed by atoms with Crippen molar-refractivity contribution >= 4 is 11.6 Å². The van der Waals surface area contributed by atoms with Crippen LogP contribution >= 0.6 is 0 Å². The van der Waals surface area contributed by atoms with Gasteiger partial charge in [0.2, 0.25) is 0 Å². The molecule has 0 fully saturated rings. The van der Waals surface area contributed by atoms with Crippen LogP contribution < -0.4 is 10.9 Å². The number of anilines is 1. The second kappa shape index (κ2) is 6.50. The molecule has 5 nitrogen and oxygen atoms in total. The monoisotopic (exact) mass is 319 g/mol. The molecule has 3 rings (SSSR count). The minimum Gasteiger partial charge on any atom is -0.322 e. The van der Waals surface area contributed by atoms with Crippen molar-refractivity contribution in [3.05, 3.63) is 81.8 Å². The number of aromatic amines is 1. The molecule has 3 aromatic rings. The summed E-state index contributed by atoms with van der Waals surface area (Å²) in [6, 6.07) is 15.0. The third-order valence-corrected chi connectivity index (χ3v) is 3.57. The highest BCUT2D eigenvalue weighted by atomic mass is 16.2. The number of H-pyrrole nitrogens is 1. The van der Waals surface area contributed by atoms with Gasteiger partial charge in [0.1, 0.15) is 11.4 Å². The molecule has 1 amide bonds. The second-order valence-corrected chi connectivity index (χ2v) is 5.67. The molecule has 0 aliphatic carbocycles. The van der Waals surface area contributed by atoms with Crippen LogP contribution in [0.15, 0.2) is 59.5 Å². The van der Waals surface area contributed by atoms with Crippen molar-refractivity contribution < 1.29 is 4.79 Å². The van der Waals surface area contributed by atoms with Crippen molar-refractivity contribution in [3.8, 4) is 11.4 Å². The van der Waals surface area contributed by atoms with E-state index in [0.29, 0.717) is 11.5 Å². The Labute approximate surface area is 139 Å². The third-order valence-electron chi connectivity index (χ3n) is 3.57. The standard InChI is InChI=1S/C19H17N3O2/c1-12-8-13(2)10-15(9-12)21-18(23)16-11-20-17(22-19(16)24)14-6-4-3-5-7-14/h3-11H,1-2H3,(H,21,23)(H,20,22,24). The van der Waals surface area contributed by atoms with Gasteiger partial charge in [0.15, 0.2) is 0 Å². The Bertz CT molecular complexity index is 926. The van der Waals surface area contributed by atoms with Gasteiger partial charge in [-0.3, -0.25) is 9.59 Å². The predicted molar refractivity (Wildman–Crippen MR) is 94.2 cm³/mol. The van der Waals surface area contributed by atoms with Crippen molar-refractivity contribution in [1.29, 1.82) is 0 Å². The number of nitrogens with zero attached hydrogens (tertiary/aromatic N) is 1. The summed E-state index contributed by atoms with van der Waals surface area (Å²) in [4.78, 5) is 31.4. The number of carbonyl (C=O) groups is 1. The van der Waals surface area contributed by atoms with Crippen LogP contribution in [-0.4, -0.2) is 15.9 Å². The number of carbonyl (C=O) groups excluding carboxylic acids is 1. The van der Waals surface area contributed by atoms with Crippen molar-refractivity contribution in [1.82, 2.24) is 9.97 Å². The largest absolute Gasteiger partial charge is 0.322 e. The molecule has 0 atom stereocenters. The first kappa shape index (κ1) is 15.7. The van der Waals surface area contributed by atoms with Crippen molar-refractivity contribution in [2.45, 2.75) is 13.8 Å². The van der Waals surface area contributed by atoms with Crippen LogP contribution in [0.3, 0.4) is 0 Å². The van der Waals surface area contributed by atoms with Gasteiger partial charge < -0.3 is 10.3 Å². The topological polar surface area (TPSA) is 74.8 Å². The summed E-state index contributed by atoms with van der Waals surface area (Å²) in [6.45, 7) is 3.90. The summed E-state index contributed by atoms with van der Waals surface area (Å²) in [7, 11) is 0. The number of aromatic nitrogens is 2. The maximum atomic E-state index is 12.3. The number of amides is 1. The van der Waals surface area contributed by atoms with Crippen molar-refractivity contribution in [2.24, 2.45) is 0 Å². The zero-order valence-corrected chi connectivity index (χ0v) is 13.5. The van der Waals surface area contributed by atoms with Gasteiger partial charge in [-0.15, -0.1) is 0 Å². The van der Waals surface area contributed by atoms with Gasteiger partial charge >= 0.3 is 0 Å². The van der Waals surface area contributed by atoms with Gasteiger partial charge in [0, 0.05) is 17.4 Å². The summed E-state index contributed by atoms with van der Waals surface area (Å²) in [6.07, 6.45) is 1.30. The molecule has 0 aliphatic heterocycles. The Hall–Kier alpha value is -3.21. The van der Waals surface area contributed by atoms with Gasteiger partial charge in [-0.1, -0.05) is 36.4 Å². The van der Waals surface area contributed by atoms with E-state index in [4.69, 9.17) is 0 Å². The molecule has 1 heterocycles. The van der Waals surface area contributed by atoms with Crippen LogP contribution in [0.1, 0.15) is 21.5 Å². The molecule has 0 unspecified atom stereocenters. The number of aryl methyl sites for hydroxylation is 2. The average Bonchev–Trinajstić information content (AvgIpc) is 2.54. The van der Waals surface area contributed by atoms with Crippen LogP contribution in [0.2, 0.25) is 0 Å². The number of hydrogen-bond acceptors (Lipinski definition) is 3. The maximum absolute atomic E-state index is 12.3. The van der Waals surface area contributed by atoms with Crippen molar-refractivity contribution in [3.63, 3.8) is 0 Å². The zero-order chi connectivity index (χ0) is 17.1. The minimum absolute atomic E-state index is 0.0196. The normalized spacial score (nSPS) is 10.4. The molecule has 0 saturated heterocycles. The molecule has 24 heavy (non-hydrogen) atoms. The Morgan fingerprint density at radius 2 is 1.71 bits per heavy atom. The van der Waals surface area contributed by atoms with E-state index < -0.39 is 11.5 Å². The lowest BCUT2D eigenvalue weighted by atomic mass is 10.1. The Kier molecular flexibility index (Phi) is 4.24. The Morgan fingerprint density at radius 3 is 2.33 bits per heavy atom. The summed E-state index contributed by atoms with van der Waals surface area (Å²) >= 11 is 0. The molecule has 2 aromatic carbocycles. The summed E-state index contributed by atoms with van der Waals surface area (Å²) in [5.74, 6) is -0.0445. The SMILES string of the molecule is Cc1cc(C)cc(NC(=O)c2cnc(-c3ccccc3)[nH]c2=O)c1. The molecule has 0 radical (unpaired) electrons. The van der Waals surface area contributed by atoms with Crippen LogP contribution in [0, 0.1) is 13.8 Å². The average molecular weight is 319 g/mol. The zero-order valence-electron chi connectivity index (χ0n) is 13.5. The quantitative estimate of drug-likeness (QED) is 0.778. The van der Waals surface area contributed by atoms with Crippen LogP contribution in [0.25, 0.3) is 11.4 Å². The minimum atomic E-state index is -0.478. The third kappa shape index (κ3) is 3.41. The van der Waals surface area contributed by atoms with E-state index in [-0.39, 0.29) is 5.56 Å². The van der Waals surface area contributed by atoms with Crippen LogP contribution in [-0.2, 0) is 0 Å². The molecule has 0 bridgehead atoms. The highest BCUT2D eigenvalue weighted by Crippen LogP contribution is 2.15. The fourth-order valence-corrected chi connectivity index (χ4v) is 2.54. The van der Waals surface area contributed by atoms with E-state index in [1.807, 2.05) is 62.4 Å². The van der Waals surface area contributed by atoms with Crippen LogP contribution in [0.5, 0.6) is 0 Å². The fourth-order valence-electron chi connectivity index (χ4n) is 2.54. The maximum Gasteiger partial charge on any atom is 0.264 e. The molecular weight excluding hydrogens is 302 g/mol. The smallest absolute Gasteiger partial charge is 0.264 e. The number of rotatable bonds is 3. The lowest BCUT2D eigenvalue weighted by Gasteiger charge is -2.07. The first-order valence-electron chi connectivity index (χ1n) is 7.57. The highest BCUT2D eigenvalue weighted by molar-refractivity contribution is 6.03. The van der Waals surface area contributed by atoms with E-state index >= 15 is 0 Å². The first-order valence-corrected chi connectivity index (χ1v) is 7.57. The number of benzene rings is 2.